The number of unbranched alkanes of at least 4 members (excludes halogenated alkanes) is 1. The Hall–Kier alpha value is -1.67. The van der Waals surface area contributed by atoms with E-state index in [0.717, 1.165) is 25.1 Å². The zero-order valence-electron chi connectivity index (χ0n) is 16.3. The van der Waals surface area contributed by atoms with E-state index >= 15 is 0 Å². The summed E-state index contributed by atoms with van der Waals surface area (Å²) in [7, 11) is -3.42. The molecule has 162 valence electrons. The summed E-state index contributed by atoms with van der Waals surface area (Å²) in [6.45, 7) is 3.22. The molecular weight excluding hydrogens is 469 g/mol. The van der Waals surface area contributed by atoms with Gasteiger partial charge in [-0.05, 0) is 43.2 Å². The van der Waals surface area contributed by atoms with Crippen molar-refractivity contribution in [3.8, 4) is 0 Å². The summed E-state index contributed by atoms with van der Waals surface area (Å²) in [4.78, 5) is 12.9. The first kappa shape index (κ1) is 23.0. The second-order valence-corrected chi connectivity index (χ2v) is 10.2. The van der Waals surface area contributed by atoms with Crippen molar-refractivity contribution in [2.24, 2.45) is 0 Å². The second kappa shape index (κ2) is 9.64. The standard InChI is InChI=1S/C20H22Cl3N3O3S/c1-2-3-5-24-14-8-13(21)9-15(10-14)25-20(27)17-11-16(12-18(22)19(17)23)26-6-4-7-30(26,28)29/h8-12,24H,2-7H2,1H3,(H,25,27). The van der Waals surface area contributed by atoms with E-state index in [-0.39, 0.29) is 21.4 Å². The highest BCUT2D eigenvalue weighted by atomic mass is 35.5. The summed E-state index contributed by atoms with van der Waals surface area (Å²) in [5, 5.41) is 6.65. The quantitative estimate of drug-likeness (QED) is 0.492. The molecule has 1 aliphatic heterocycles. The average Bonchev–Trinajstić information content (AvgIpc) is 3.02. The van der Waals surface area contributed by atoms with Gasteiger partial charge in [-0.25, -0.2) is 8.42 Å². The number of carbonyl (C=O) groups excluding carboxylic acids is 1. The maximum atomic E-state index is 12.9. The molecule has 3 rings (SSSR count). The third-order valence-corrected chi connectivity index (χ3v) is 7.55. The third kappa shape index (κ3) is 5.32. The van der Waals surface area contributed by atoms with Crippen LogP contribution >= 0.6 is 34.8 Å². The molecule has 0 saturated carbocycles. The largest absolute Gasteiger partial charge is 0.385 e. The number of hydrogen-bond acceptors (Lipinski definition) is 4. The first-order chi connectivity index (χ1) is 14.2. The fourth-order valence-electron chi connectivity index (χ4n) is 3.19. The summed E-state index contributed by atoms with van der Waals surface area (Å²) < 4.78 is 25.7. The summed E-state index contributed by atoms with van der Waals surface area (Å²) in [6.07, 6.45) is 2.58. The summed E-state index contributed by atoms with van der Waals surface area (Å²) in [5.41, 5.74) is 1.67. The van der Waals surface area contributed by atoms with Crippen molar-refractivity contribution in [3.63, 3.8) is 0 Å². The first-order valence-electron chi connectivity index (χ1n) is 9.56. The highest BCUT2D eigenvalue weighted by Gasteiger charge is 2.30. The highest BCUT2D eigenvalue weighted by molar-refractivity contribution is 7.93. The Morgan fingerprint density at radius 1 is 1.10 bits per heavy atom. The molecule has 0 aliphatic carbocycles. The van der Waals surface area contributed by atoms with Crippen molar-refractivity contribution in [3.05, 3.63) is 51.0 Å². The molecule has 6 nitrogen and oxygen atoms in total. The Balaban J connectivity index is 1.87. The Morgan fingerprint density at radius 2 is 1.83 bits per heavy atom. The predicted octanol–water partition coefficient (Wildman–Crippen LogP) is 5.65. The van der Waals surface area contributed by atoms with E-state index in [1.807, 2.05) is 0 Å². The van der Waals surface area contributed by atoms with Gasteiger partial charge >= 0.3 is 0 Å². The minimum absolute atomic E-state index is 0.0535. The molecule has 2 aromatic carbocycles. The van der Waals surface area contributed by atoms with Crippen LogP contribution in [-0.2, 0) is 10.0 Å². The molecule has 0 radical (unpaired) electrons. The Morgan fingerprint density at radius 3 is 2.50 bits per heavy atom. The summed E-state index contributed by atoms with van der Waals surface area (Å²) in [5.74, 6) is -0.451. The van der Waals surface area contributed by atoms with Gasteiger partial charge < -0.3 is 10.6 Å². The monoisotopic (exact) mass is 489 g/mol. The molecule has 10 heteroatoms. The van der Waals surface area contributed by atoms with Crippen LogP contribution in [0.4, 0.5) is 17.1 Å². The third-order valence-electron chi connectivity index (χ3n) is 4.66. The van der Waals surface area contributed by atoms with Gasteiger partial charge in [0.25, 0.3) is 5.91 Å². The molecule has 0 bridgehead atoms. The van der Waals surface area contributed by atoms with Crippen LogP contribution in [0, 0.1) is 0 Å². The topological polar surface area (TPSA) is 78.5 Å². The summed E-state index contributed by atoms with van der Waals surface area (Å²) >= 11 is 18.6. The van der Waals surface area contributed by atoms with Gasteiger partial charge in [-0.15, -0.1) is 0 Å². The van der Waals surface area contributed by atoms with Crippen molar-refractivity contribution in [2.45, 2.75) is 26.2 Å². The van der Waals surface area contributed by atoms with Crippen LogP contribution in [-0.4, -0.2) is 33.2 Å². The average molecular weight is 491 g/mol. The molecular formula is C20H22Cl3N3O3S. The van der Waals surface area contributed by atoms with Crippen molar-refractivity contribution < 1.29 is 13.2 Å². The lowest BCUT2D eigenvalue weighted by Crippen LogP contribution is -2.25. The molecule has 1 amide bonds. The number of benzene rings is 2. The lowest BCUT2D eigenvalue weighted by atomic mass is 10.1. The molecule has 0 atom stereocenters. The van der Waals surface area contributed by atoms with Crippen molar-refractivity contribution >= 4 is 67.8 Å². The maximum absolute atomic E-state index is 12.9. The van der Waals surface area contributed by atoms with Crippen LogP contribution in [0.25, 0.3) is 0 Å². The Kier molecular flexibility index (Phi) is 7.39. The first-order valence-corrected chi connectivity index (χ1v) is 12.3. The van der Waals surface area contributed by atoms with Gasteiger partial charge in [0.1, 0.15) is 0 Å². The molecule has 0 unspecified atom stereocenters. The molecule has 1 aliphatic rings. The SMILES string of the molecule is CCCCNc1cc(Cl)cc(NC(=O)c2cc(N3CCCS3(=O)=O)cc(Cl)c2Cl)c1. The number of rotatable bonds is 7. The van der Waals surface area contributed by atoms with Crippen molar-refractivity contribution in [2.75, 3.05) is 33.8 Å². The van der Waals surface area contributed by atoms with E-state index in [0.29, 0.717) is 29.4 Å². The van der Waals surface area contributed by atoms with E-state index in [4.69, 9.17) is 34.8 Å². The molecule has 2 N–H and O–H groups in total. The van der Waals surface area contributed by atoms with E-state index in [9.17, 15) is 13.2 Å². The molecule has 1 saturated heterocycles. The molecule has 1 fully saturated rings. The minimum Gasteiger partial charge on any atom is -0.385 e. The second-order valence-electron chi connectivity index (χ2n) is 6.99. The van der Waals surface area contributed by atoms with Crippen molar-refractivity contribution in [1.29, 1.82) is 0 Å². The normalized spacial score (nSPS) is 15.3. The van der Waals surface area contributed by atoms with Gasteiger partial charge in [-0.2, -0.15) is 0 Å². The van der Waals surface area contributed by atoms with Gasteiger partial charge in [0.05, 0.1) is 27.0 Å². The van der Waals surface area contributed by atoms with Crippen LogP contribution in [0.15, 0.2) is 30.3 Å². The number of carbonyl (C=O) groups is 1. The van der Waals surface area contributed by atoms with Crippen LogP contribution in [0.1, 0.15) is 36.5 Å². The van der Waals surface area contributed by atoms with Gasteiger partial charge in [-0.3, -0.25) is 9.10 Å². The van der Waals surface area contributed by atoms with Gasteiger partial charge in [-0.1, -0.05) is 48.1 Å². The lowest BCUT2D eigenvalue weighted by molar-refractivity contribution is 0.102. The Labute approximate surface area is 191 Å². The molecule has 2 aromatic rings. The molecule has 0 spiro atoms. The number of halogens is 3. The van der Waals surface area contributed by atoms with Gasteiger partial charge in [0.15, 0.2) is 0 Å². The Bertz CT molecular complexity index is 1060. The van der Waals surface area contributed by atoms with Gasteiger partial charge in [0, 0.05) is 29.5 Å². The number of sulfonamides is 1. The maximum Gasteiger partial charge on any atom is 0.257 e. The number of anilines is 3. The van der Waals surface area contributed by atoms with Gasteiger partial charge in [0.2, 0.25) is 10.0 Å². The zero-order valence-corrected chi connectivity index (χ0v) is 19.4. The number of amides is 1. The van der Waals surface area contributed by atoms with Crippen molar-refractivity contribution in [1.82, 2.24) is 0 Å². The van der Waals surface area contributed by atoms with E-state index in [1.165, 1.54) is 16.4 Å². The van der Waals surface area contributed by atoms with Crippen LogP contribution < -0.4 is 14.9 Å². The molecule has 1 heterocycles. The van der Waals surface area contributed by atoms with Crippen LogP contribution in [0.3, 0.4) is 0 Å². The number of nitrogens with zero attached hydrogens (tertiary/aromatic N) is 1. The minimum atomic E-state index is -3.42. The summed E-state index contributed by atoms with van der Waals surface area (Å²) in [6, 6.07) is 8.06. The number of hydrogen-bond donors (Lipinski definition) is 2. The smallest absolute Gasteiger partial charge is 0.257 e. The van der Waals surface area contributed by atoms with E-state index in [1.54, 1.807) is 18.2 Å². The molecule has 30 heavy (non-hydrogen) atoms. The lowest BCUT2D eigenvalue weighted by Gasteiger charge is -2.19. The van der Waals surface area contributed by atoms with Crippen LogP contribution in [0.2, 0.25) is 15.1 Å². The van der Waals surface area contributed by atoms with Crippen LogP contribution in [0.5, 0.6) is 0 Å². The molecule has 0 aromatic heterocycles. The predicted molar refractivity (Wildman–Crippen MR) is 125 cm³/mol. The fraction of sp³-hybridized carbons (Fsp3) is 0.350. The highest BCUT2D eigenvalue weighted by Crippen LogP contribution is 2.35. The zero-order chi connectivity index (χ0) is 21.9. The van der Waals surface area contributed by atoms with E-state index in [2.05, 4.69) is 17.6 Å². The fourth-order valence-corrected chi connectivity index (χ4v) is 5.38. The van der Waals surface area contributed by atoms with E-state index < -0.39 is 15.9 Å². The number of nitrogens with one attached hydrogen (secondary N) is 2.